The highest BCUT2D eigenvalue weighted by Crippen LogP contribution is 2.40. The van der Waals surface area contributed by atoms with Crippen molar-refractivity contribution >= 4 is 11.8 Å². The zero-order chi connectivity index (χ0) is 9.80. The molecule has 1 nitrogen and oxygen atoms in total. The predicted octanol–water partition coefficient (Wildman–Crippen LogP) is 3.06. The summed E-state index contributed by atoms with van der Waals surface area (Å²) in [5, 5.41) is 0. The van der Waals surface area contributed by atoms with Crippen molar-refractivity contribution in [2.45, 2.75) is 6.42 Å². The van der Waals surface area contributed by atoms with Crippen LogP contribution in [0.3, 0.4) is 0 Å². The zero-order valence-electron chi connectivity index (χ0n) is 8.48. The molecule has 0 aromatic heterocycles. The standard InChI is InChI=1S/C12H16OS/c1-14-9-11-7-10(11)8-13-12-5-3-2-4-6-12/h2-6,10-11H,7-9H2,1H3. The molecule has 1 fully saturated rings. The molecule has 2 heteroatoms. The van der Waals surface area contributed by atoms with Crippen LogP contribution < -0.4 is 4.74 Å². The molecule has 1 aromatic carbocycles. The lowest BCUT2D eigenvalue weighted by atomic mass is 10.3. The van der Waals surface area contributed by atoms with Gasteiger partial charge in [-0.25, -0.2) is 0 Å². The van der Waals surface area contributed by atoms with Crippen molar-refractivity contribution in [1.29, 1.82) is 0 Å². The van der Waals surface area contributed by atoms with E-state index in [1.807, 2.05) is 42.1 Å². The summed E-state index contributed by atoms with van der Waals surface area (Å²) in [5.74, 6) is 4.02. The SMILES string of the molecule is CSCC1CC1COc1ccccc1. The van der Waals surface area contributed by atoms with Crippen molar-refractivity contribution in [2.24, 2.45) is 11.8 Å². The fourth-order valence-electron chi connectivity index (χ4n) is 1.65. The van der Waals surface area contributed by atoms with Crippen LogP contribution in [0.2, 0.25) is 0 Å². The highest BCUT2D eigenvalue weighted by atomic mass is 32.2. The summed E-state index contributed by atoms with van der Waals surface area (Å²) in [7, 11) is 0. The molecule has 1 saturated carbocycles. The van der Waals surface area contributed by atoms with Gasteiger partial charge in [-0.2, -0.15) is 11.8 Å². The molecule has 0 heterocycles. The van der Waals surface area contributed by atoms with Crippen LogP contribution in [0.15, 0.2) is 30.3 Å². The van der Waals surface area contributed by atoms with Crippen molar-refractivity contribution in [1.82, 2.24) is 0 Å². The summed E-state index contributed by atoms with van der Waals surface area (Å²) in [5.41, 5.74) is 0. The summed E-state index contributed by atoms with van der Waals surface area (Å²) in [6.07, 6.45) is 3.53. The molecule has 1 aliphatic carbocycles. The normalized spacial score (nSPS) is 24.6. The van der Waals surface area contributed by atoms with Crippen LogP contribution in [-0.4, -0.2) is 18.6 Å². The second kappa shape index (κ2) is 4.74. The van der Waals surface area contributed by atoms with Crippen LogP contribution in [0, 0.1) is 11.8 Å². The third-order valence-corrected chi connectivity index (χ3v) is 3.42. The van der Waals surface area contributed by atoms with Gasteiger partial charge < -0.3 is 4.74 Å². The highest BCUT2D eigenvalue weighted by Gasteiger charge is 2.36. The van der Waals surface area contributed by atoms with Gasteiger partial charge in [0.1, 0.15) is 5.75 Å². The monoisotopic (exact) mass is 208 g/mol. The first-order valence-corrected chi connectivity index (χ1v) is 6.46. The minimum Gasteiger partial charge on any atom is -0.493 e. The minimum absolute atomic E-state index is 0.808. The Balaban J connectivity index is 1.70. The lowest BCUT2D eigenvalue weighted by molar-refractivity contribution is 0.294. The van der Waals surface area contributed by atoms with E-state index in [0.717, 1.165) is 24.2 Å². The molecule has 0 bridgehead atoms. The van der Waals surface area contributed by atoms with E-state index in [2.05, 4.69) is 6.26 Å². The number of hydrogen-bond acceptors (Lipinski definition) is 2. The van der Waals surface area contributed by atoms with Crippen molar-refractivity contribution in [3.05, 3.63) is 30.3 Å². The van der Waals surface area contributed by atoms with Gasteiger partial charge in [0.25, 0.3) is 0 Å². The molecular weight excluding hydrogens is 192 g/mol. The summed E-state index contributed by atoms with van der Waals surface area (Å²) in [6.45, 7) is 0.898. The molecule has 0 N–H and O–H groups in total. The first-order valence-electron chi connectivity index (χ1n) is 5.07. The number of hydrogen-bond donors (Lipinski definition) is 0. The van der Waals surface area contributed by atoms with Gasteiger partial charge in [-0.1, -0.05) is 18.2 Å². The smallest absolute Gasteiger partial charge is 0.119 e. The van der Waals surface area contributed by atoms with Crippen LogP contribution in [0.4, 0.5) is 0 Å². The highest BCUT2D eigenvalue weighted by molar-refractivity contribution is 7.98. The fraction of sp³-hybridized carbons (Fsp3) is 0.500. The Hall–Kier alpha value is -0.630. The molecule has 0 radical (unpaired) electrons. The van der Waals surface area contributed by atoms with Gasteiger partial charge in [-0.3, -0.25) is 0 Å². The fourth-order valence-corrected chi connectivity index (χ4v) is 2.49. The lowest BCUT2D eigenvalue weighted by Crippen LogP contribution is -2.01. The lowest BCUT2D eigenvalue weighted by Gasteiger charge is -2.04. The van der Waals surface area contributed by atoms with Gasteiger partial charge >= 0.3 is 0 Å². The topological polar surface area (TPSA) is 9.23 Å². The quantitative estimate of drug-likeness (QED) is 0.735. The summed E-state index contributed by atoms with van der Waals surface area (Å²) < 4.78 is 5.70. The number of ether oxygens (including phenoxy) is 1. The second-order valence-electron chi connectivity index (χ2n) is 3.84. The van der Waals surface area contributed by atoms with E-state index in [4.69, 9.17) is 4.74 Å². The maximum absolute atomic E-state index is 5.70. The van der Waals surface area contributed by atoms with Crippen LogP contribution in [0.5, 0.6) is 5.75 Å². The second-order valence-corrected chi connectivity index (χ2v) is 4.75. The van der Waals surface area contributed by atoms with Crippen molar-refractivity contribution < 1.29 is 4.74 Å². The van der Waals surface area contributed by atoms with Gasteiger partial charge in [0.05, 0.1) is 6.61 Å². The molecule has 0 saturated heterocycles. The van der Waals surface area contributed by atoms with Gasteiger partial charge in [0.2, 0.25) is 0 Å². The number of para-hydroxylation sites is 1. The Kier molecular flexibility index (Phi) is 3.35. The average Bonchev–Trinajstić information content (AvgIpc) is 2.96. The first-order chi connectivity index (χ1) is 6.90. The van der Waals surface area contributed by atoms with Gasteiger partial charge in [0, 0.05) is 0 Å². The van der Waals surface area contributed by atoms with E-state index in [9.17, 15) is 0 Å². The summed E-state index contributed by atoms with van der Waals surface area (Å²) in [6, 6.07) is 10.1. The maximum Gasteiger partial charge on any atom is 0.119 e. The maximum atomic E-state index is 5.70. The Morgan fingerprint density at radius 2 is 2.07 bits per heavy atom. The Morgan fingerprint density at radius 1 is 1.29 bits per heavy atom. The molecule has 0 spiro atoms. The van der Waals surface area contributed by atoms with Crippen LogP contribution in [0.25, 0.3) is 0 Å². The van der Waals surface area contributed by atoms with Crippen molar-refractivity contribution in [2.75, 3.05) is 18.6 Å². The van der Waals surface area contributed by atoms with Crippen molar-refractivity contribution in [3.63, 3.8) is 0 Å². The third-order valence-electron chi connectivity index (χ3n) is 2.66. The first kappa shape index (κ1) is 9.91. The van der Waals surface area contributed by atoms with E-state index in [-0.39, 0.29) is 0 Å². The molecule has 0 aliphatic heterocycles. The summed E-state index contributed by atoms with van der Waals surface area (Å²) >= 11 is 1.94. The van der Waals surface area contributed by atoms with Crippen LogP contribution in [-0.2, 0) is 0 Å². The Morgan fingerprint density at radius 3 is 2.79 bits per heavy atom. The van der Waals surface area contributed by atoms with E-state index >= 15 is 0 Å². The molecule has 1 aromatic rings. The molecule has 1 aliphatic rings. The largest absolute Gasteiger partial charge is 0.493 e. The van der Waals surface area contributed by atoms with E-state index < -0.39 is 0 Å². The molecule has 2 atom stereocenters. The average molecular weight is 208 g/mol. The van der Waals surface area contributed by atoms with E-state index in [1.165, 1.54) is 12.2 Å². The molecule has 14 heavy (non-hydrogen) atoms. The number of thioether (sulfide) groups is 1. The minimum atomic E-state index is 0.808. The summed E-state index contributed by atoms with van der Waals surface area (Å²) in [4.78, 5) is 0. The molecule has 2 rings (SSSR count). The Labute approximate surface area is 89.9 Å². The Bertz CT molecular complexity index is 273. The third kappa shape index (κ3) is 2.68. The predicted molar refractivity (Wildman–Crippen MR) is 61.9 cm³/mol. The van der Waals surface area contributed by atoms with Crippen LogP contribution in [0.1, 0.15) is 6.42 Å². The van der Waals surface area contributed by atoms with Gasteiger partial charge in [-0.15, -0.1) is 0 Å². The molecule has 76 valence electrons. The molecule has 2 unspecified atom stereocenters. The van der Waals surface area contributed by atoms with Gasteiger partial charge in [0.15, 0.2) is 0 Å². The van der Waals surface area contributed by atoms with Crippen LogP contribution >= 0.6 is 11.8 Å². The van der Waals surface area contributed by atoms with E-state index in [0.29, 0.717) is 0 Å². The van der Waals surface area contributed by atoms with E-state index in [1.54, 1.807) is 0 Å². The zero-order valence-corrected chi connectivity index (χ0v) is 9.30. The molecule has 0 amide bonds. The number of benzene rings is 1. The molecular formula is C12H16OS. The van der Waals surface area contributed by atoms with Gasteiger partial charge in [-0.05, 0) is 42.4 Å². The van der Waals surface area contributed by atoms with Crippen molar-refractivity contribution in [3.8, 4) is 5.75 Å². The number of rotatable bonds is 5.